The second kappa shape index (κ2) is 6.60. The number of para-hydroxylation sites is 1. The Morgan fingerprint density at radius 1 is 0.960 bits per heavy atom. The summed E-state index contributed by atoms with van der Waals surface area (Å²) >= 11 is 0. The van der Waals surface area contributed by atoms with Crippen LogP contribution in [0.1, 0.15) is 22.8 Å². The first kappa shape index (κ1) is 16.4. The number of fused-ring (bicyclic) bond motifs is 1. The van der Waals surface area contributed by atoms with Crippen LogP contribution in [0.25, 0.3) is 11.0 Å². The molecule has 3 rings (SSSR count). The maximum Gasteiger partial charge on any atom is 0.349 e. The molecule has 0 radical (unpaired) electrons. The highest BCUT2D eigenvalue weighted by Crippen LogP contribution is 2.24. The summed E-state index contributed by atoms with van der Waals surface area (Å²) in [4.78, 5) is 35.8. The summed E-state index contributed by atoms with van der Waals surface area (Å²) < 4.78 is 5.18. The molecule has 0 fully saturated rings. The molecular weight excluding hydrogens is 320 g/mol. The van der Waals surface area contributed by atoms with E-state index in [1.165, 1.54) is 13.0 Å². The van der Waals surface area contributed by atoms with Gasteiger partial charge in [0.15, 0.2) is 0 Å². The van der Waals surface area contributed by atoms with Gasteiger partial charge in [-0.05, 0) is 36.8 Å². The van der Waals surface area contributed by atoms with Gasteiger partial charge in [-0.25, -0.2) is 4.79 Å². The Labute approximate surface area is 143 Å². The molecule has 0 saturated carbocycles. The van der Waals surface area contributed by atoms with Gasteiger partial charge in [0.25, 0.3) is 5.91 Å². The number of benzene rings is 2. The molecule has 0 bridgehead atoms. The van der Waals surface area contributed by atoms with Crippen molar-refractivity contribution < 1.29 is 14.0 Å². The third-order valence-corrected chi connectivity index (χ3v) is 3.78. The Kier molecular flexibility index (Phi) is 4.35. The third-order valence-electron chi connectivity index (χ3n) is 3.78. The molecule has 3 aromatic rings. The molecule has 1 aromatic heterocycles. The van der Waals surface area contributed by atoms with Gasteiger partial charge < -0.3 is 15.1 Å². The molecule has 25 heavy (non-hydrogen) atoms. The Morgan fingerprint density at radius 3 is 2.36 bits per heavy atom. The minimum Gasteiger partial charge on any atom is -0.422 e. The van der Waals surface area contributed by atoms with E-state index in [1.807, 2.05) is 0 Å². The maximum absolute atomic E-state index is 12.5. The lowest BCUT2D eigenvalue weighted by atomic mass is 10.1. The van der Waals surface area contributed by atoms with Crippen molar-refractivity contribution in [2.45, 2.75) is 13.8 Å². The normalized spacial score (nSPS) is 10.5. The zero-order valence-electron chi connectivity index (χ0n) is 13.8. The SMILES string of the molecule is CC(=O)Nc1cccc(NC(=O)c2cc3ccccc3oc2=O)c1C. The third kappa shape index (κ3) is 3.42. The summed E-state index contributed by atoms with van der Waals surface area (Å²) in [5.41, 5.74) is 1.43. The number of nitrogens with one attached hydrogen (secondary N) is 2. The van der Waals surface area contributed by atoms with Crippen LogP contribution in [0.4, 0.5) is 11.4 Å². The van der Waals surface area contributed by atoms with Gasteiger partial charge in [-0.2, -0.15) is 0 Å². The summed E-state index contributed by atoms with van der Waals surface area (Å²) in [7, 11) is 0. The lowest BCUT2D eigenvalue weighted by Crippen LogP contribution is -2.21. The van der Waals surface area contributed by atoms with Crippen molar-refractivity contribution in [1.29, 1.82) is 0 Å². The molecule has 126 valence electrons. The molecule has 0 aliphatic carbocycles. The van der Waals surface area contributed by atoms with Gasteiger partial charge in [-0.3, -0.25) is 9.59 Å². The van der Waals surface area contributed by atoms with Gasteiger partial charge in [0.05, 0.1) is 0 Å². The van der Waals surface area contributed by atoms with Gasteiger partial charge >= 0.3 is 5.63 Å². The van der Waals surface area contributed by atoms with Crippen LogP contribution in [0.3, 0.4) is 0 Å². The van der Waals surface area contributed by atoms with Crippen molar-refractivity contribution in [3.05, 3.63) is 70.1 Å². The van der Waals surface area contributed by atoms with Crippen molar-refractivity contribution in [2.75, 3.05) is 10.6 Å². The number of hydrogen-bond donors (Lipinski definition) is 2. The smallest absolute Gasteiger partial charge is 0.349 e. The molecule has 6 heteroatoms. The van der Waals surface area contributed by atoms with Crippen molar-refractivity contribution in [3.63, 3.8) is 0 Å². The lowest BCUT2D eigenvalue weighted by molar-refractivity contribution is -0.114. The molecule has 2 N–H and O–H groups in total. The van der Waals surface area contributed by atoms with Crippen LogP contribution in [0.5, 0.6) is 0 Å². The summed E-state index contributed by atoms with van der Waals surface area (Å²) in [5, 5.41) is 6.05. The molecule has 0 unspecified atom stereocenters. The Morgan fingerprint density at radius 2 is 1.64 bits per heavy atom. The first-order chi connectivity index (χ1) is 12.0. The highest BCUT2D eigenvalue weighted by molar-refractivity contribution is 6.06. The molecule has 0 saturated heterocycles. The van der Waals surface area contributed by atoms with E-state index in [0.717, 1.165) is 0 Å². The molecule has 6 nitrogen and oxygen atoms in total. The van der Waals surface area contributed by atoms with Crippen molar-refractivity contribution in [1.82, 2.24) is 0 Å². The Hall–Kier alpha value is -3.41. The zero-order chi connectivity index (χ0) is 18.0. The van der Waals surface area contributed by atoms with Crippen molar-refractivity contribution in [3.8, 4) is 0 Å². The number of hydrogen-bond acceptors (Lipinski definition) is 4. The molecule has 1 heterocycles. The first-order valence-electron chi connectivity index (χ1n) is 7.67. The van der Waals surface area contributed by atoms with E-state index in [2.05, 4.69) is 10.6 Å². The fraction of sp³-hybridized carbons (Fsp3) is 0.105. The predicted octanol–water partition coefficient (Wildman–Crippen LogP) is 3.31. The van der Waals surface area contributed by atoms with Crippen LogP contribution in [0.2, 0.25) is 0 Å². The number of amides is 2. The molecule has 2 amide bonds. The predicted molar refractivity (Wildman–Crippen MR) is 95.9 cm³/mol. The second-order valence-corrected chi connectivity index (χ2v) is 5.60. The van der Waals surface area contributed by atoms with Crippen LogP contribution in [0.15, 0.2) is 57.7 Å². The largest absolute Gasteiger partial charge is 0.422 e. The summed E-state index contributed by atoms with van der Waals surface area (Å²) in [6.45, 7) is 3.18. The second-order valence-electron chi connectivity index (χ2n) is 5.60. The van der Waals surface area contributed by atoms with Crippen LogP contribution >= 0.6 is 0 Å². The average Bonchev–Trinajstić information content (AvgIpc) is 2.57. The average molecular weight is 336 g/mol. The van der Waals surface area contributed by atoms with Gasteiger partial charge in [-0.1, -0.05) is 24.3 Å². The van der Waals surface area contributed by atoms with E-state index in [4.69, 9.17) is 4.42 Å². The minimum atomic E-state index is -0.702. The van der Waals surface area contributed by atoms with Gasteiger partial charge in [0, 0.05) is 23.7 Å². The number of carbonyl (C=O) groups is 2. The van der Waals surface area contributed by atoms with Crippen LogP contribution in [-0.4, -0.2) is 11.8 Å². The standard InChI is InChI=1S/C19H16N2O4/c1-11-15(20-12(2)22)7-5-8-16(11)21-18(23)14-10-13-6-3-4-9-17(13)25-19(14)24/h3-10H,1-2H3,(H,20,22)(H,21,23). The van der Waals surface area contributed by atoms with Gasteiger partial charge in [0.2, 0.25) is 5.91 Å². The van der Waals surface area contributed by atoms with Crippen molar-refractivity contribution >= 4 is 34.2 Å². The van der Waals surface area contributed by atoms with E-state index in [-0.39, 0.29) is 11.5 Å². The zero-order valence-corrected chi connectivity index (χ0v) is 13.8. The van der Waals surface area contributed by atoms with Gasteiger partial charge in [0.1, 0.15) is 11.1 Å². The van der Waals surface area contributed by atoms with E-state index in [0.29, 0.717) is 27.9 Å². The fourth-order valence-corrected chi connectivity index (χ4v) is 2.51. The van der Waals surface area contributed by atoms with Crippen LogP contribution in [-0.2, 0) is 4.79 Å². The molecule has 0 atom stereocenters. The Bertz CT molecular complexity index is 1040. The van der Waals surface area contributed by atoms with Gasteiger partial charge in [-0.15, -0.1) is 0 Å². The summed E-state index contributed by atoms with van der Waals surface area (Å²) in [5.74, 6) is -0.774. The lowest BCUT2D eigenvalue weighted by Gasteiger charge is -2.12. The Balaban J connectivity index is 1.94. The number of anilines is 2. The highest BCUT2D eigenvalue weighted by Gasteiger charge is 2.15. The topological polar surface area (TPSA) is 88.4 Å². The summed E-state index contributed by atoms with van der Waals surface area (Å²) in [6.07, 6.45) is 0. The monoisotopic (exact) mass is 336 g/mol. The van der Waals surface area contributed by atoms with Crippen LogP contribution < -0.4 is 16.3 Å². The first-order valence-corrected chi connectivity index (χ1v) is 7.67. The highest BCUT2D eigenvalue weighted by atomic mass is 16.4. The van der Waals surface area contributed by atoms with E-state index in [9.17, 15) is 14.4 Å². The number of carbonyl (C=O) groups excluding carboxylic acids is 2. The molecule has 0 aliphatic rings. The van der Waals surface area contributed by atoms with Crippen LogP contribution in [0, 0.1) is 6.92 Å². The molecule has 0 spiro atoms. The fourth-order valence-electron chi connectivity index (χ4n) is 2.51. The quantitative estimate of drug-likeness (QED) is 0.718. The molecule has 2 aromatic carbocycles. The maximum atomic E-state index is 12.5. The van der Waals surface area contributed by atoms with Crippen molar-refractivity contribution in [2.24, 2.45) is 0 Å². The van der Waals surface area contributed by atoms with E-state index >= 15 is 0 Å². The molecular formula is C19H16N2O4. The minimum absolute atomic E-state index is 0.0805. The van der Waals surface area contributed by atoms with E-state index in [1.54, 1.807) is 49.4 Å². The molecule has 0 aliphatic heterocycles. The summed E-state index contributed by atoms with van der Waals surface area (Å²) in [6, 6.07) is 13.6. The number of rotatable bonds is 3. The van der Waals surface area contributed by atoms with E-state index < -0.39 is 11.5 Å².